The molecule has 0 spiro atoms. The Morgan fingerprint density at radius 1 is 1.36 bits per heavy atom. The van der Waals surface area contributed by atoms with Gasteiger partial charge in [-0.15, -0.1) is 0 Å². The Morgan fingerprint density at radius 3 is 2.29 bits per heavy atom. The Hall–Kier alpha value is -0.790. The van der Waals surface area contributed by atoms with Gasteiger partial charge in [-0.25, -0.2) is 4.79 Å². The molecule has 0 aromatic rings. The monoisotopic (exact) mass is 198 g/mol. The van der Waals surface area contributed by atoms with E-state index in [1.54, 1.807) is 0 Å². The number of rotatable bonds is 5. The van der Waals surface area contributed by atoms with E-state index in [1.807, 2.05) is 33.8 Å². The lowest BCUT2D eigenvalue weighted by molar-refractivity contribution is -0.151. The summed E-state index contributed by atoms with van der Waals surface area (Å²) in [6.45, 7) is 9.82. The summed E-state index contributed by atoms with van der Waals surface area (Å²) in [5.74, 6) is -0.166. The largest absolute Gasteiger partial charge is 0.456 e. The molecule has 0 amide bonds. The SMILES string of the molecule is C/C=C(\CCC)C(=O)OC(C)(C)CC. The minimum Gasteiger partial charge on any atom is -0.456 e. The van der Waals surface area contributed by atoms with Crippen LogP contribution >= 0.6 is 0 Å². The van der Waals surface area contributed by atoms with Gasteiger partial charge in [0.1, 0.15) is 5.60 Å². The molecule has 0 aromatic heterocycles. The smallest absolute Gasteiger partial charge is 0.334 e. The average molecular weight is 198 g/mol. The van der Waals surface area contributed by atoms with Gasteiger partial charge in [0, 0.05) is 5.57 Å². The molecular weight excluding hydrogens is 176 g/mol. The molecule has 0 radical (unpaired) electrons. The van der Waals surface area contributed by atoms with Crippen molar-refractivity contribution >= 4 is 5.97 Å². The average Bonchev–Trinajstić information content (AvgIpc) is 2.13. The van der Waals surface area contributed by atoms with E-state index < -0.39 is 0 Å². The van der Waals surface area contributed by atoms with E-state index in [4.69, 9.17) is 4.74 Å². The van der Waals surface area contributed by atoms with Crippen LogP contribution in [0.25, 0.3) is 0 Å². The van der Waals surface area contributed by atoms with Crippen LogP contribution < -0.4 is 0 Å². The van der Waals surface area contributed by atoms with Gasteiger partial charge in [-0.05, 0) is 33.6 Å². The fourth-order valence-electron chi connectivity index (χ4n) is 1.02. The second-order valence-corrected chi connectivity index (χ2v) is 4.07. The molecule has 0 atom stereocenters. The van der Waals surface area contributed by atoms with Crippen LogP contribution in [0.5, 0.6) is 0 Å². The number of carbonyl (C=O) groups is 1. The molecule has 0 bridgehead atoms. The first-order chi connectivity index (χ1) is 6.46. The summed E-state index contributed by atoms with van der Waals surface area (Å²) in [6.07, 6.45) is 4.45. The van der Waals surface area contributed by atoms with Crippen molar-refractivity contribution < 1.29 is 9.53 Å². The van der Waals surface area contributed by atoms with Gasteiger partial charge in [0.25, 0.3) is 0 Å². The highest BCUT2D eigenvalue weighted by Crippen LogP contribution is 2.17. The first-order valence-corrected chi connectivity index (χ1v) is 5.35. The third-order valence-electron chi connectivity index (χ3n) is 2.35. The molecule has 0 fully saturated rings. The topological polar surface area (TPSA) is 26.3 Å². The van der Waals surface area contributed by atoms with Crippen LogP contribution in [0, 0.1) is 0 Å². The highest BCUT2D eigenvalue weighted by Gasteiger charge is 2.21. The van der Waals surface area contributed by atoms with E-state index >= 15 is 0 Å². The van der Waals surface area contributed by atoms with Crippen molar-refractivity contribution in [1.29, 1.82) is 0 Å². The summed E-state index contributed by atoms with van der Waals surface area (Å²) in [6, 6.07) is 0. The summed E-state index contributed by atoms with van der Waals surface area (Å²) in [7, 11) is 0. The fraction of sp³-hybridized carbons (Fsp3) is 0.750. The molecular formula is C12H22O2. The molecule has 82 valence electrons. The van der Waals surface area contributed by atoms with Crippen LogP contribution in [-0.4, -0.2) is 11.6 Å². The second kappa shape index (κ2) is 5.84. The fourth-order valence-corrected chi connectivity index (χ4v) is 1.02. The Morgan fingerprint density at radius 2 is 1.93 bits per heavy atom. The van der Waals surface area contributed by atoms with Gasteiger partial charge in [0.05, 0.1) is 0 Å². The number of carbonyl (C=O) groups excluding carboxylic acids is 1. The van der Waals surface area contributed by atoms with E-state index in [1.165, 1.54) is 0 Å². The third-order valence-corrected chi connectivity index (χ3v) is 2.35. The zero-order chi connectivity index (χ0) is 11.2. The second-order valence-electron chi connectivity index (χ2n) is 4.07. The van der Waals surface area contributed by atoms with E-state index in [0.717, 1.165) is 24.8 Å². The molecule has 0 aromatic carbocycles. The van der Waals surface area contributed by atoms with Crippen LogP contribution in [0.1, 0.15) is 53.9 Å². The summed E-state index contributed by atoms with van der Waals surface area (Å²) in [4.78, 5) is 11.6. The summed E-state index contributed by atoms with van der Waals surface area (Å²) in [5, 5.41) is 0. The van der Waals surface area contributed by atoms with Gasteiger partial charge >= 0.3 is 5.97 Å². The van der Waals surface area contributed by atoms with Gasteiger partial charge in [-0.3, -0.25) is 0 Å². The minimum atomic E-state index is -0.348. The molecule has 14 heavy (non-hydrogen) atoms. The molecule has 0 rings (SSSR count). The molecule has 0 aliphatic rings. The standard InChI is InChI=1S/C12H22O2/c1-6-9-10(7-2)11(13)14-12(4,5)8-3/h7H,6,8-9H2,1-5H3/b10-7+. The molecule has 0 saturated heterocycles. The van der Waals surface area contributed by atoms with Crippen molar-refractivity contribution in [3.05, 3.63) is 11.6 Å². The van der Waals surface area contributed by atoms with Gasteiger partial charge in [-0.2, -0.15) is 0 Å². The van der Waals surface area contributed by atoms with Crippen LogP contribution in [0.4, 0.5) is 0 Å². The Labute approximate surface area is 87.3 Å². The van der Waals surface area contributed by atoms with Crippen LogP contribution in [0.15, 0.2) is 11.6 Å². The van der Waals surface area contributed by atoms with Crippen LogP contribution in [0.3, 0.4) is 0 Å². The number of hydrogen-bond acceptors (Lipinski definition) is 2. The number of hydrogen-bond donors (Lipinski definition) is 0. The van der Waals surface area contributed by atoms with Crippen LogP contribution in [0.2, 0.25) is 0 Å². The van der Waals surface area contributed by atoms with Crippen molar-refractivity contribution in [2.75, 3.05) is 0 Å². The Balaban J connectivity index is 4.33. The number of ether oxygens (including phenoxy) is 1. The van der Waals surface area contributed by atoms with Crippen molar-refractivity contribution in [3.63, 3.8) is 0 Å². The quantitative estimate of drug-likeness (QED) is 0.499. The number of esters is 1. The molecule has 0 unspecified atom stereocenters. The molecule has 0 saturated carbocycles. The predicted molar refractivity (Wildman–Crippen MR) is 59.1 cm³/mol. The van der Waals surface area contributed by atoms with Crippen LogP contribution in [-0.2, 0) is 9.53 Å². The molecule has 2 nitrogen and oxygen atoms in total. The lowest BCUT2D eigenvalue weighted by Crippen LogP contribution is -2.27. The molecule has 2 heteroatoms. The van der Waals surface area contributed by atoms with E-state index in [-0.39, 0.29) is 11.6 Å². The zero-order valence-corrected chi connectivity index (χ0v) is 10.0. The van der Waals surface area contributed by atoms with Gasteiger partial charge in [0.15, 0.2) is 0 Å². The minimum absolute atomic E-state index is 0.166. The maximum atomic E-state index is 11.6. The summed E-state index contributed by atoms with van der Waals surface area (Å²) >= 11 is 0. The van der Waals surface area contributed by atoms with Crippen molar-refractivity contribution in [1.82, 2.24) is 0 Å². The van der Waals surface area contributed by atoms with E-state index in [2.05, 4.69) is 6.92 Å². The van der Waals surface area contributed by atoms with Crippen molar-refractivity contribution in [3.8, 4) is 0 Å². The molecule has 0 heterocycles. The Kier molecular flexibility index (Phi) is 5.51. The third kappa shape index (κ3) is 4.45. The van der Waals surface area contributed by atoms with Gasteiger partial charge in [-0.1, -0.05) is 26.3 Å². The highest BCUT2D eigenvalue weighted by atomic mass is 16.6. The first kappa shape index (κ1) is 13.2. The molecule has 0 aliphatic carbocycles. The summed E-state index contributed by atoms with van der Waals surface area (Å²) < 4.78 is 5.39. The van der Waals surface area contributed by atoms with E-state index in [0.29, 0.717) is 0 Å². The lowest BCUT2D eigenvalue weighted by Gasteiger charge is -2.23. The Bertz CT molecular complexity index is 214. The molecule has 0 aliphatic heterocycles. The first-order valence-electron chi connectivity index (χ1n) is 5.35. The van der Waals surface area contributed by atoms with Crippen molar-refractivity contribution in [2.24, 2.45) is 0 Å². The normalized spacial score (nSPS) is 12.8. The summed E-state index contributed by atoms with van der Waals surface area (Å²) in [5.41, 5.74) is 0.438. The van der Waals surface area contributed by atoms with Gasteiger partial charge in [0.2, 0.25) is 0 Å². The lowest BCUT2D eigenvalue weighted by atomic mass is 10.1. The predicted octanol–water partition coefficient (Wildman–Crippen LogP) is 3.46. The van der Waals surface area contributed by atoms with Crippen molar-refractivity contribution in [2.45, 2.75) is 59.5 Å². The maximum absolute atomic E-state index is 11.6. The maximum Gasteiger partial charge on any atom is 0.334 e. The van der Waals surface area contributed by atoms with Gasteiger partial charge < -0.3 is 4.74 Å². The highest BCUT2D eigenvalue weighted by molar-refractivity contribution is 5.88. The van der Waals surface area contributed by atoms with E-state index in [9.17, 15) is 4.79 Å². The number of allylic oxidation sites excluding steroid dienone is 1. The zero-order valence-electron chi connectivity index (χ0n) is 10.0. The molecule has 0 N–H and O–H groups in total.